The zero-order chi connectivity index (χ0) is 14.1. The van der Waals surface area contributed by atoms with Gasteiger partial charge in [0.25, 0.3) is 0 Å². The van der Waals surface area contributed by atoms with Gasteiger partial charge in [-0.2, -0.15) is 0 Å². The molecular weight excluding hydrogens is 248 g/mol. The highest BCUT2D eigenvalue weighted by Gasteiger charge is 2.10. The van der Waals surface area contributed by atoms with Crippen LogP contribution in [0, 0.1) is 6.92 Å². The SMILES string of the molecule is C=CCn1cnc(-c2ccc3nc(C)ccc3c2)c1N. The monoisotopic (exact) mass is 264 g/mol. The third-order valence-corrected chi connectivity index (χ3v) is 3.31. The van der Waals surface area contributed by atoms with E-state index in [1.807, 2.05) is 29.7 Å². The lowest BCUT2D eigenvalue weighted by Gasteiger charge is -2.04. The van der Waals surface area contributed by atoms with Crippen molar-refractivity contribution in [1.82, 2.24) is 14.5 Å². The van der Waals surface area contributed by atoms with Crippen LogP contribution in [0.5, 0.6) is 0 Å². The van der Waals surface area contributed by atoms with Gasteiger partial charge in [-0.25, -0.2) is 4.98 Å². The molecule has 2 aromatic heterocycles. The smallest absolute Gasteiger partial charge is 0.131 e. The molecule has 0 aliphatic carbocycles. The summed E-state index contributed by atoms with van der Waals surface area (Å²) in [6.07, 6.45) is 3.54. The summed E-state index contributed by atoms with van der Waals surface area (Å²) in [7, 11) is 0. The lowest BCUT2D eigenvalue weighted by atomic mass is 10.1. The third kappa shape index (κ3) is 2.05. The fraction of sp³-hybridized carbons (Fsp3) is 0.125. The molecule has 3 rings (SSSR count). The summed E-state index contributed by atoms with van der Waals surface area (Å²) in [5.74, 6) is 0.657. The maximum absolute atomic E-state index is 6.13. The molecule has 0 radical (unpaired) electrons. The Morgan fingerprint density at radius 3 is 2.95 bits per heavy atom. The molecule has 0 unspecified atom stereocenters. The molecule has 0 atom stereocenters. The quantitative estimate of drug-likeness (QED) is 0.739. The minimum absolute atomic E-state index is 0.657. The van der Waals surface area contributed by atoms with Crippen molar-refractivity contribution in [3.63, 3.8) is 0 Å². The minimum Gasteiger partial charge on any atom is -0.383 e. The van der Waals surface area contributed by atoms with Crippen LogP contribution in [-0.4, -0.2) is 14.5 Å². The van der Waals surface area contributed by atoms with E-state index in [2.05, 4.69) is 28.7 Å². The van der Waals surface area contributed by atoms with Crippen LogP contribution in [-0.2, 0) is 6.54 Å². The Balaban J connectivity index is 2.10. The predicted molar refractivity (Wildman–Crippen MR) is 82.3 cm³/mol. The van der Waals surface area contributed by atoms with Crippen molar-refractivity contribution >= 4 is 16.7 Å². The number of nitrogens with zero attached hydrogens (tertiary/aromatic N) is 3. The summed E-state index contributed by atoms with van der Waals surface area (Å²) < 4.78 is 1.87. The van der Waals surface area contributed by atoms with E-state index in [0.29, 0.717) is 12.4 Å². The van der Waals surface area contributed by atoms with Gasteiger partial charge >= 0.3 is 0 Å². The van der Waals surface area contributed by atoms with Gasteiger partial charge in [-0.3, -0.25) is 4.98 Å². The molecule has 4 nitrogen and oxygen atoms in total. The van der Waals surface area contributed by atoms with Crippen molar-refractivity contribution in [2.24, 2.45) is 0 Å². The number of nitrogens with two attached hydrogens (primary N) is 1. The zero-order valence-corrected chi connectivity index (χ0v) is 11.4. The number of hydrogen-bond donors (Lipinski definition) is 1. The molecule has 0 amide bonds. The molecule has 4 heteroatoms. The first-order chi connectivity index (χ1) is 9.69. The lowest BCUT2D eigenvalue weighted by molar-refractivity contribution is 0.833. The molecule has 0 bridgehead atoms. The normalized spacial score (nSPS) is 10.8. The topological polar surface area (TPSA) is 56.7 Å². The number of hydrogen-bond acceptors (Lipinski definition) is 3. The van der Waals surface area contributed by atoms with Gasteiger partial charge < -0.3 is 10.3 Å². The van der Waals surface area contributed by atoms with Gasteiger partial charge in [0.2, 0.25) is 0 Å². The molecule has 2 heterocycles. The number of allylic oxidation sites excluding steroid dienone is 1. The summed E-state index contributed by atoms with van der Waals surface area (Å²) in [6.45, 7) is 6.36. The van der Waals surface area contributed by atoms with Crippen LogP contribution in [0.3, 0.4) is 0 Å². The fourth-order valence-corrected chi connectivity index (χ4v) is 2.27. The second-order valence-electron chi connectivity index (χ2n) is 4.78. The molecule has 0 saturated carbocycles. The first kappa shape index (κ1) is 12.4. The number of imidazole rings is 1. The van der Waals surface area contributed by atoms with Crippen molar-refractivity contribution in [3.8, 4) is 11.3 Å². The van der Waals surface area contributed by atoms with E-state index in [4.69, 9.17) is 5.73 Å². The van der Waals surface area contributed by atoms with Crippen molar-refractivity contribution in [2.45, 2.75) is 13.5 Å². The Bertz CT molecular complexity index is 786. The number of aromatic nitrogens is 3. The van der Waals surface area contributed by atoms with Gasteiger partial charge in [-0.15, -0.1) is 6.58 Å². The first-order valence-electron chi connectivity index (χ1n) is 6.48. The van der Waals surface area contributed by atoms with Gasteiger partial charge in [-0.05, 0) is 25.1 Å². The summed E-state index contributed by atoms with van der Waals surface area (Å²) >= 11 is 0. The summed E-state index contributed by atoms with van der Waals surface area (Å²) in [4.78, 5) is 8.90. The van der Waals surface area contributed by atoms with E-state index < -0.39 is 0 Å². The minimum atomic E-state index is 0.657. The number of benzene rings is 1. The summed E-state index contributed by atoms with van der Waals surface area (Å²) in [6, 6.07) is 10.2. The molecule has 100 valence electrons. The van der Waals surface area contributed by atoms with Crippen LogP contribution in [0.2, 0.25) is 0 Å². The van der Waals surface area contributed by atoms with Crippen molar-refractivity contribution in [1.29, 1.82) is 0 Å². The molecule has 0 saturated heterocycles. The van der Waals surface area contributed by atoms with Crippen molar-refractivity contribution in [2.75, 3.05) is 5.73 Å². The van der Waals surface area contributed by atoms with Gasteiger partial charge in [0.05, 0.1) is 11.8 Å². The van der Waals surface area contributed by atoms with E-state index in [1.54, 1.807) is 12.4 Å². The van der Waals surface area contributed by atoms with Crippen LogP contribution in [0.25, 0.3) is 22.2 Å². The molecule has 20 heavy (non-hydrogen) atoms. The number of aryl methyl sites for hydroxylation is 1. The van der Waals surface area contributed by atoms with Crippen LogP contribution in [0.1, 0.15) is 5.69 Å². The third-order valence-electron chi connectivity index (χ3n) is 3.31. The standard InChI is InChI=1S/C16H16N4/c1-3-8-20-10-18-15(16(20)17)13-6-7-14-12(9-13)5-4-11(2)19-14/h3-7,9-10H,1,8,17H2,2H3. The molecule has 0 aliphatic heterocycles. The van der Waals surface area contributed by atoms with Gasteiger partial charge in [-0.1, -0.05) is 18.2 Å². The molecule has 2 N–H and O–H groups in total. The molecule has 0 aliphatic rings. The zero-order valence-electron chi connectivity index (χ0n) is 11.4. The highest BCUT2D eigenvalue weighted by molar-refractivity contribution is 5.85. The molecule has 3 aromatic rings. The maximum atomic E-state index is 6.13. The first-order valence-corrected chi connectivity index (χ1v) is 6.48. The average Bonchev–Trinajstić information content (AvgIpc) is 2.80. The van der Waals surface area contributed by atoms with E-state index >= 15 is 0 Å². The maximum Gasteiger partial charge on any atom is 0.131 e. The van der Waals surface area contributed by atoms with Gasteiger partial charge in [0.1, 0.15) is 11.5 Å². The molecule has 0 spiro atoms. The number of anilines is 1. The molecule has 0 fully saturated rings. The van der Waals surface area contributed by atoms with Crippen LogP contribution in [0.15, 0.2) is 49.3 Å². The Labute approximate surface area is 117 Å². The molecular formula is C16H16N4. The lowest BCUT2D eigenvalue weighted by Crippen LogP contribution is -2.00. The Kier molecular flexibility index (Phi) is 2.99. The average molecular weight is 264 g/mol. The van der Waals surface area contributed by atoms with E-state index in [1.165, 1.54) is 0 Å². The fourth-order valence-electron chi connectivity index (χ4n) is 2.27. The Morgan fingerprint density at radius 1 is 1.30 bits per heavy atom. The number of rotatable bonds is 3. The Morgan fingerprint density at radius 2 is 2.15 bits per heavy atom. The second kappa shape index (κ2) is 4.81. The van der Waals surface area contributed by atoms with Gasteiger partial charge in [0.15, 0.2) is 0 Å². The van der Waals surface area contributed by atoms with Crippen molar-refractivity contribution < 1.29 is 0 Å². The van der Waals surface area contributed by atoms with Crippen molar-refractivity contribution in [3.05, 3.63) is 55.0 Å². The van der Waals surface area contributed by atoms with E-state index in [9.17, 15) is 0 Å². The van der Waals surface area contributed by atoms with E-state index in [0.717, 1.165) is 27.9 Å². The number of pyridine rings is 1. The van der Waals surface area contributed by atoms with Crippen LogP contribution in [0.4, 0.5) is 5.82 Å². The van der Waals surface area contributed by atoms with Gasteiger partial charge in [0, 0.05) is 23.2 Å². The summed E-state index contributed by atoms with van der Waals surface area (Å²) in [5, 5.41) is 1.09. The summed E-state index contributed by atoms with van der Waals surface area (Å²) in [5.41, 5.74) is 9.93. The van der Waals surface area contributed by atoms with E-state index in [-0.39, 0.29) is 0 Å². The number of nitrogen functional groups attached to an aromatic ring is 1. The second-order valence-corrected chi connectivity index (χ2v) is 4.78. The molecule has 1 aromatic carbocycles. The largest absolute Gasteiger partial charge is 0.383 e. The highest BCUT2D eigenvalue weighted by atomic mass is 15.1. The number of fused-ring (bicyclic) bond motifs is 1. The van der Waals surface area contributed by atoms with Crippen LogP contribution < -0.4 is 5.73 Å². The predicted octanol–water partition coefficient (Wildman–Crippen LogP) is 3.17. The van der Waals surface area contributed by atoms with Crippen LogP contribution >= 0.6 is 0 Å². The highest BCUT2D eigenvalue weighted by Crippen LogP contribution is 2.27. The Hall–Kier alpha value is -2.62.